The maximum absolute atomic E-state index is 11.7. The van der Waals surface area contributed by atoms with Crippen LogP contribution in [0.2, 0.25) is 0 Å². The maximum Gasteiger partial charge on any atom is 0.446 e. The van der Waals surface area contributed by atoms with Crippen LogP contribution in [0.3, 0.4) is 0 Å². The van der Waals surface area contributed by atoms with E-state index in [0.29, 0.717) is 6.42 Å². The first-order valence-electron chi connectivity index (χ1n) is 9.80. The normalized spacial score (nSPS) is 17.9. The standard InChI is InChI=1S/C18H30O10S/c1-2-3-4-5-6-7-8-9-10-11-14(20)26-12-13(19)16-15(21)17(18(22)27-16)28-29(23,24)25/h13,16,19,21H,2-12H2,1H3,(H,23,24,25)/t13-,16+/m0/s1. The minimum atomic E-state index is -5.06. The third-order valence-electron chi connectivity index (χ3n) is 4.36. The Morgan fingerprint density at radius 2 is 1.66 bits per heavy atom. The van der Waals surface area contributed by atoms with E-state index in [-0.39, 0.29) is 6.42 Å². The summed E-state index contributed by atoms with van der Waals surface area (Å²) < 4.78 is 43.2. The summed E-state index contributed by atoms with van der Waals surface area (Å²) in [5.41, 5.74) is 0. The molecule has 0 aromatic carbocycles. The molecule has 11 heteroatoms. The van der Waals surface area contributed by atoms with Gasteiger partial charge in [-0.05, 0) is 6.42 Å². The summed E-state index contributed by atoms with van der Waals surface area (Å²) in [5, 5.41) is 19.7. The molecule has 2 atom stereocenters. The fraction of sp³-hybridized carbons (Fsp3) is 0.778. The molecule has 0 aromatic heterocycles. The Labute approximate surface area is 170 Å². The van der Waals surface area contributed by atoms with Crippen molar-refractivity contribution in [3.63, 3.8) is 0 Å². The van der Waals surface area contributed by atoms with Gasteiger partial charge in [0.1, 0.15) is 12.7 Å². The Hall–Kier alpha value is -1.85. The van der Waals surface area contributed by atoms with Crippen molar-refractivity contribution in [2.45, 2.75) is 83.3 Å². The van der Waals surface area contributed by atoms with Gasteiger partial charge in [0, 0.05) is 6.42 Å². The fourth-order valence-corrected chi connectivity index (χ4v) is 3.18. The van der Waals surface area contributed by atoms with E-state index in [4.69, 9.17) is 9.29 Å². The van der Waals surface area contributed by atoms with Crippen LogP contribution in [0.25, 0.3) is 0 Å². The van der Waals surface area contributed by atoms with Gasteiger partial charge in [-0.1, -0.05) is 58.3 Å². The summed E-state index contributed by atoms with van der Waals surface area (Å²) in [4.78, 5) is 23.2. The van der Waals surface area contributed by atoms with Gasteiger partial charge in [0.25, 0.3) is 5.76 Å². The molecule has 0 bridgehead atoms. The summed E-state index contributed by atoms with van der Waals surface area (Å²) in [5.74, 6) is -4.10. The van der Waals surface area contributed by atoms with Crippen LogP contribution < -0.4 is 0 Å². The van der Waals surface area contributed by atoms with Gasteiger partial charge >= 0.3 is 22.3 Å². The minimum Gasteiger partial charge on any atom is -0.505 e. The molecule has 0 aliphatic carbocycles. The highest BCUT2D eigenvalue weighted by Gasteiger charge is 2.42. The van der Waals surface area contributed by atoms with Crippen molar-refractivity contribution < 1.29 is 46.4 Å². The van der Waals surface area contributed by atoms with Gasteiger partial charge in [-0.2, -0.15) is 8.42 Å². The Kier molecular flexibility index (Phi) is 11.0. The molecular weight excluding hydrogens is 408 g/mol. The zero-order valence-corrected chi connectivity index (χ0v) is 17.4. The zero-order valence-electron chi connectivity index (χ0n) is 16.5. The van der Waals surface area contributed by atoms with E-state index in [2.05, 4.69) is 15.8 Å². The lowest BCUT2D eigenvalue weighted by molar-refractivity contribution is -0.154. The van der Waals surface area contributed by atoms with E-state index in [1.54, 1.807) is 0 Å². The Bertz CT molecular complexity index is 670. The van der Waals surface area contributed by atoms with E-state index < -0.39 is 52.7 Å². The summed E-state index contributed by atoms with van der Waals surface area (Å²) in [6, 6.07) is 0. The van der Waals surface area contributed by atoms with Crippen LogP contribution in [-0.2, 0) is 33.6 Å². The van der Waals surface area contributed by atoms with Crippen molar-refractivity contribution in [2.75, 3.05) is 6.61 Å². The van der Waals surface area contributed by atoms with Gasteiger partial charge in [0.05, 0.1) is 0 Å². The molecule has 0 spiro atoms. The predicted octanol–water partition coefficient (Wildman–Crippen LogP) is 2.33. The van der Waals surface area contributed by atoms with E-state index in [0.717, 1.165) is 19.3 Å². The average molecular weight is 438 g/mol. The molecule has 3 N–H and O–H groups in total. The summed E-state index contributed by atoms with van der Waals surface area (Å²) >= 11 is 0. The second kappa shape index (κ2) is 12.7. The van der Waals surface area contributed by atoms with Gasteiger partial charge in [-0.25, -0.2) is 4.79 Å². The monoisotopic (exact) mass is 438 g/mol. The van der Waals surface area contributed by atoms with Gasteiger partial charge in [-0.15, -0.1) is 0 Å². The van der Waals surface area contributed by atoms with Crippen LogP contribution in [0, 0.1) is 0 Å². The summed E-state index contributed by atoms with van der Waals surface area (Å²) in [7, 11) is -5.06. The van der Waals surface area contributed by atoms with Crippen molar-refractivity contribution in [3.05, 3.63) is 11.5 Å². The number of unbranched alkanes of at least 4 members (excludes halogenated alkanes) is 8. The quantitative estimate of drug-likeness (QED) is 0.197. The highest BCUT2D eigenvalue weighted by Crippen LogP contribution is 2.25. The maximum atomic E-state index is 11.7. The number of carbonyl (C=O) groups excluding carboxylic acids is 2. The van der Waals surface area contributed by atoms with Crippen LogP contribution in [0.5, 0.6) is 0 Å². The summed E-state index contributed by atoms with van der Waals surface area (Å²) in [6.07, 6.45) is 6.75. The molecule has 1 rings (SSSR count). The highest BCUT2D eigenvalue weighted by atomic mass is 32.3. The lowest BCUT2D eigenvalue weighted by atomic mass is 10.1. The molecule has 0 saturated carbocycles. The summed E-state index contributed by atoms with van der Waals surface area (Å²) in [6.45, 7) is 1.60. The Balaban J connectivity index is 2.25. The SMILES string of the molecule is CCCCCCCCCCCC(=O)OC[C@H](O)[C@H]1OC(=O)C(OS(=O)(=O)O)=C1O. The number of cyclic esters (lactones) is 1. The first kappa shape index (κ1) is 25.2. The lowest BCUT2D eigenvalue weighted by Crippen LogP contribution is -2.33. The van der Waals surface area contributed by atoms with Gasteiger partial charge in [0.15, 0.2) is 11.9 Å². The van der Waals surface area contributed by atoms with Crippen LogP contribution in [0.1, 0.15) is 71.1 Å². The van der Waals surface area contributed by atoms with Crippen molar-refractivity contribution in [2.24, 2.45) is 0 Å². The molecule has 0 amide bonds. The van der Waals surface area contributed by atoms with Crippen LogP contribution in [0.15, 0.2) is 11.5 Å². The topological polar surface area (TPSA) is 157 Å². The van der Waals surface area contributed by atoms with E-state index in [1.165, 1.54) is 32.1 Å². The van der Waals surface area contributed by atoms with Gasteiger partial charge in [0.2, 0.25) is 0 Å². The van der Waals surface area contributed by atoms with Crippen molar-refractivity contribution in [1.29, 1.82) is 0 Å². The van der Waals surface area contributed by atoms with E-state index >= 15 is 0 Å². The predicted molar refractivity (Wildman–Crippen MR) is 101 cm³/mol. The number of aliphatic hydroxyl groups is 2. The number of hydrogen-bond donors (Lipinski definition) is 3. The average Bonchev–Trinajstić information content (AvgIpc) is 2.91. The number of hydrogen-bond acceptors (Lipinski definition) is 9. The second-order valence-corrected chi connectivity index (χ2v) is 7.90. The molecule has 1 aliphatic heterocycles. The number of esters is 2. The second-order valence-electron chi connectivity index (χ2n) is 6.88. The molecule has 0 unspecified atom stereocenters. The molecule has 168 valence electrons. The molecule has 1 aliphatic rings. The third-order valence-corrected chi connectivity index (χ3v) is 4.74. The number of rotatable bonds is 15. The van der Waals surface area contributed by atoms with Crippen LogP contribution in [-0.4, -0.2) is 53.9 Å². The van der Waals surface area contributed by atoms with Crippen molar-refractivity contribution >= 4 is 22.3 Å². The molecule has 1 heterocycles. The molecule has 0 radical (unpaired) electrons. The van der Waals surface area contributed by atoms with Gasteiger partial charge in [-0.3, -0.25) is 9.35 Å². The molecule has 0 fully saturated rings. The minimum absolute atomic E-state index is 0.173. The molecule has 29 heavy (non-hydrogen) atoms. The van der Waals surface area contributed by atoms with Crippen LogP contribution in [0.4, 0.5) is 0 Å². The van der Waals surface area contributed by atoms with Crippen molar-refractivity contribution in [3.8, 4) is 0 Å². The highest BCUT2D eigenvalue weighted by molar-refractivity contribution is 7.81. The number of carbonyl (C=O) groups is 2. The lowest BCUT2D eigenvalue weighted by Gasteiger charge is -2.17. The number of ether oxygens (including phenoxy) is 2. The fourth-order valence-electron chi connectivity index (χ4n) is 2.82. The molecular formula is C18H30O10S. The third kappa shape index (κ3) is 9.95. The first-order valence-corrected chi connectivity index (χ1v) is 11.2. The van der Waals surface area contributed by atoms with E-state index in [9.17, 15) is 28.2 Å². The zero-order chi connectivity index (χ0) is 21.9. The van der Waals surface area contributed by atoms with E-state index in [1.807, 2.05) is 0 Å². The number of aliphatic hydroxyl groups excluding tert-OH is 2. The van der Waals surface area contributed by atoms with Gasteiger partial charge < -0.3 is 23.9 Å². The smallest absolute Gasteiger partial charge is 0.446 e. The Morgan fingerprint density at radius 1 is 1.10 bits per heavy atom. The molecule has 10 nitrogen and oxygen atoms in total. The first-order chi connectivity index (χ1) is 13.7. The van der Waals surface area contributed by atoms with Crippen LogP contribution >= 0.6 is 0 Å². The largest absolute Gasteiger partial charge is 0.505 e. The molecule has 0 aromatic rings. The molecule has 0 saturated heterocycles. The Morgan fingerprint density at radius 3 is 2.21 bits per heavy atom. The van der Waals surface area contributed by atoms with Crippen molar-refractivity contribution in [1.82, 2.24) is 0 Å².